The molecule has 0 aromatic carbocycles. The van der Waals surface area contributed by atoms with Gasteiger partial charge in [-0.15, -0.1) is 0 Å². The number of piperazine rings is 1. The van der Waals surface area contributed by atoms with Crippen LogP contribution in [0.15, 0.2) is 0 Å². The van der Waals surface area contributed by atoms with E-state index in [-0.39, 0.29) is 0 Å². The third-order valence-electron chi connectivity index (χ3n) is 5.18. The first-order valence-electron chi connectivity index (χ1n) is 7.64. The zero-order valence-corrected chi connectivity index (χ0v) is 12.5. The van der Waals surface area contributed by atoms with E-state index in [9.17, 15) is 0 Å². The average molecular weight is 251 g/mol. The summed E-state index contributed by atoms with van der Waals surface area (Å²) >= 11 is 0. The van der Waals surface area contributed by atoms with E-state index in [1.54, 1.807) is 0 Å². The van der Waals surface area contributed by atoms with Crippen molar-refractivity contribution < 1.29 is 0 Å². The van der Waals surface area contributed by atoms with Crippen molar-refractivity contribution in [3.63, 3.8) is 0 Å². The lowest BCUT2D eigenvalue weighted by Gasteiger charge is -2.37. The van der Waals surface area contributed by atoms with Crippen LogP contribution in [-0.4, -0.2) is 60.1 Å². The van der Waals surface area contributed by atoms with Gasteiger partial charge in [0.05, 0.1) is 0 Å². The van der Waals surface area contributed by atoms with E-state index in [1.165, 1.54) is 45.6 Å². The Morgan fingerprint density at radius 2 is 1.83 bits per heavy atom. The second kappa shape index (κ2) is 4.19. The van der Waals surface area contributed by atoms with E-state index in [1.807, 2.05) is 0 Å². The molecular weight excluding hydrogens is 222 g/mol. The molecule has 3 atom stereocenters. The minimum absolute atomic E-state index is 0.339. The highest BCUT2D eigenvalue weighted by atomic mass is 15.3. The van der Waals surface area contributed by atoms with Crippen LogP contribution in [0.25, 0.3) is 0 Å². The molecule has 3 heteroatoms. The topological polar surface area (TPSA) is 18.5 Å². The first-order valence-corrected chi connectivity index (χ1v) is 7.64. The average Bonchev–Trinajstić information content (AvgIpc) is 2.82. The number of likely N-dealkylation sites (tertiary alicyclic amines) is 1. The number of hydrogen-bond acceptors (Lipinski definition) is 3. The molecule has 3 nitrogen and oxygen atoms in total. The molecule has 3 rings (SSSR count). The van der Waals surface area contributed by atoms with Crippen molar-refractivity contribution in [2.24, 2.45) is 5.41 Å². The van der Waals surface area contributed by atoms with Crippen molar-refractivity contribution in [3.8, 4) is 0 Å². The highest BCUT2D eigenvalue weighted by Crippen LogP contribution is 2.61. The Morgan fingerprint density at radius 3 is 2.39 bits per heavy atom. The largest absolute Gasteiger partial charge is 0.314 e. The van der Waals surface area contributed by atoms with E-state index in [2.05, 4.69) is 42.8 Å². The lowest BCUT2D eigenvalue weighted by Crippen LogP contribution is -2.46. The van der Waals surface area contributed by atoms with Crippen LogP contribution in [0.1, 0.15) is 40.5 Å². The first kappa shape index (κ1) is 12.9. The third kappa shape index (κ3) is 2.10. The quantitative estimate of drug-likeness (QED) is 0.803. The molecule has 18 heavy (non-hydrogen) atoms. The van der Waals surface area contributed by atoms with E-state index in [0.29, 0.717) is 11.0 Å². The van der Waals surface area contributed by atoms with Crippen molar-refractivity contribution in [1.82, 2.24) is 15.1 Å². The fourth-order valence-electron chi connectivity index (χ4n) is 4.61. The van der Waals surface area contributed by atoms with Gasteiger partial charge in [0.2, 0.25) is 0 Å². The molecule has 1 saturated carbocycles. The van der Waals surface area contributed by atoms with Gasteiger partial charge in [-0.25, -0.2) is 0 Å². The fourth-order valence-corrected chi connectivity index (χ4v) is 4.61. The number of nitrogens with zero attached hydrogens (tertiary/aromatic N) is 2. The van der Waals surface area contributed by atoms with Gasteiger partial charge >= 0.3 is 0 Å². The molecule has 2 heterocycles. The van der Waals surface area contributed by atoms with Gasteiger partial charge in [-0.05, 0) is 40.5 Å². The molecule has 2 aliphatic heterocycles. The Bertz CT molecular complexity index is 316. The monoisotopic (exact) mass is 251 g/mol. The third-order valence-corrected chi connectivity index (χ3v) is 5.18. The Balaban J connectivity index is 1.65. The molecule has 2 saturated heterocycles. The molecule has 1 N–H and O–H groups in total. The molecule has 0 spiro atoms. The standard InChI is InChI=1S/C15H29N3/c1-12-9-15(11-17-7-5-16-6-8-17)10-13(15)18(12)14(2,3)4/h12-13,16H,5-11H2,1-4H3/t12-,13?,15?/m1/s1. The first-order chi connectivity index (χ1) is 8.42. The van der Waals surface area contributed by atoms with Crippen molar-refractivity contribution in [3.05, 3.63) is 0 Å². The van der Waals surface area contributed by atoms with Gasteiger partial charge in [0, 0.05) is 55.8 Å². The molecule has 0 radical (unpaired) electrons. The highest BCUT2D eigenvalue weighted by molar-refractivity contribution is 5.19. The normalized spacial score (nSPS) is 42.0. The molecule has 3 aliphatic rings. The molecule has 0 amide bonds. The maximum absolute atomic E-state index is 3.46. The zero-order valence-electron chi connectivity index (χ0n) is 12.5. The summed E-state index contributed by atoms with van der Waals surface area (Å²) < 4.78 is 0. The van der Waals surface area contributed by atoms with Crippen LogP contribution in [0, 0.1) is 5.41 Å². The lowest BCUT2D eigenvalue weighted by atomic mass is 9.98. The van der Waals surface area contributed by atoms with Gasteiger partial charge in [-0.3, -0.25) is 4.90 Å². The Hall–Kier alpha value is -0.120. The predicted molar refractivity (Wildman–Crippen MR) is 75.8 cm³/mol. The van der Waals surface area contributed by atoms with Crippen molar-refractivity contribution in [2.75, 3.05) is 32.7 Å². The number of fused-ring (bicyclic) bond motifs is 1. The van der Waals surface area contributed by atoms with Gasteiger partial charge in [0.1, 0.15) is 0 Å². The van der Waals surface area contributed by atoms with E-state index >= 15 is 0 Å². The molecule has 0 aromatic rings. The summed E-state index contributed by atoms with van der Waals surface area (Å²) in [4.78, 5) is 5.48. The summed E-state index contributed by atoms with van der Waals surface area (Å²) in [5.74, 6) is 0. The maximum Gasteiger partial charge on any atom is 0.0179 e. The van der Waals surface area contributed by atoms with Crippen LogP contribution in [-0.2, 0) is 0 Å². The van der Waals surface area contributed by atoms with Crippen molar-refractivity contribution in [2.45, 2.75) is 58.2 Å². The molecule has 3 fully saturated rings. The molecule has 0 aromatic heterocycles. The van der Waals surface area contributed by atoms with E-state index in [4.69, 9.17) is 0 Å². The summed E-state index contributed by atoms with van der Waals surface area (Å²) in [6, 6.07) is 1.63. The Labute approximate surface area is 112 Å². The number of rotatable bonds is 2. The van der Waals surface area contributed by atoms with Crippen LogP contribution in [0.2, 0.25) is 0 Å². The molecular formula is C15H29N3. The summed E-state index contributed by atoms with van der Waals surface area (Å²) in [5.41, 5.74) is 0.982. The van der Waals surface area contributed by atoms with Crippen molar-refractivity contribution in [1.29, 1.82) is 0 Å². The van der Waals surface area contributed by atoms with Crippen LogP contribution < -0.4 is 5.32 Å². The van der Waals surface area contributed by atoms with Crippen LogP contribution >= 0.6 is 0 Å². The van der Waals surface area contributed by atoms with E-state index in [0.717, 1.165) is 12.1 Å². The second-order valence-corrected chi connectivity index (χ2v) is 7.74. The molecule has 2 unspecified atom stereocenters. The lowest BCUT2D eigenvalue weighted by molar-refractivity contribution is 0.104. The van der Waals surface area contributed by atoms with Crippen molar-refractivity contribution >= 4 is 0 Å². The smallest absolute Gasteiger partial charge is 0.0179 e. The number of piperidine rings is 1. The summed E-state index contributed by atoms with van der Waals surface area (Å²) in [5, 5.41) is 3.46. The number of hydrogen-bond donors (Lipinski definition) is 1. The SMILES string of the molecule is C[C@@H]1CC2(CN3CCNCC3)CC2N1C(C)(C)C. The minimum Gasteiger partial charge on any atom is -0.314 e. The van der Waals surface area contributed by atoms with Crippen LogP contribution in [0.3, 0.4) is 0 Å². The summed E-state index contributed by atoms with van der Waals surface area (Å²) in [6.07, 6.45) is 2.86. The molecule has 104 valence electrons. The van der Waals surface area contributed by atoms with Gasteiger partial charge < -0.3 is 10.2 Å². The van der Waals surface area contributed by atoms with Crippen LogP contribution in [0.5, 0.6) is 0 Å². The Kier molecular flexibility index (Phi) is 3.00. The second-order valence-electron chi connectivity index (χ2n) is 7.74. The summed E-state index contributed by atoms with van der Waals surface area (Å²) in [7, 11) is 0. The van der Waals surface area contributed by atoms with Gasteiger partial charge in [0.15, 0.2) is 0 Å². The molecule has 0 bridgehead atoms. The summed E-state index contributed by atoms with van der Waals surface area (Å²) in [6.45, 7) is 15.8. The fraction of sp³-hybridized carbons (Fsp3) is 1.00. The van der Waals surface area contributed by atoms with E-state index < -0.39 is 0 Å². The predicted octanol–water partition coefficient (Wildman–Crippen LogP) is 1.54. The Morgan fingerprint density at radius 1 is 1.17 bits per heavy atom. The van der Waals surface area contributed by atoms with Gasteiger partial charge in [0.25, 0.3) is 0 Å². The zero-order chi connectivity index (χ0) is 13.0. The van der Waals surface area contributed by atoms with Crippen LogP contribution in [0.4, 0.5) is 0 Å². The van der Waals surface area contributed by atoms with Gasteiger partial charge in [-0.2, -0.15) is 0 Å². The molecule has 1 aliphatic carbocycles. The minimum atomic E-state index is 0.339. The highest BCUT2D eigenvalue weighted by Gasteiger charge is 2.65. The number of nitrogens with one attached hydrogen (secondary N) is 1. The maximum atomic E-state index is 3.46. The van der Waals surface area contributed by atoms with Gasteiger partial charge in [-0.1, -0.05) is 0 Å².